The van der Waals surface area contributed by atoms with E-state index >= 15 is 0 Å². The molecule has 0 spiro atoms. The summed E-state index contributed by atoms with van der Waals surface area (Å²) in [5.41, 5.74) is 5.18. The Labute approximate surface area is 205 Å². The average Bonchev–Trinajstić information content (AvgIpc) is 3.44. The number of thiophene rings is 1. The van der Waals surface area contributed by atoms with Gasteiger partial charge < -0.3 is 4.74 Å². The first-order valence-electron chi connectivity index (χ1n) is 12.3. The largest absolute Gasteiger partial charge is 0.461 e. The molecule has 8 heteroatoms. The van der Waals surface area contributed by atoms with Crippen molar-refractivity contribution in [1.29, 1.82) is 0 Å². The SMILES string of the molecule is CCOC(=O)c1nn(Cc2ccncc2)c2c1CN(Cc1cc(CN3CCCCC3)cs1)CC2. The van der Waals surface area contributed by atoms with E-state index in [9.17, 15) is 4.79 Å². The molecule has 0 saturated carbocycles. The number of nitrogens with zero attached hydrogens (tertiary/aromatic N) is 5. The van der Waals surface area contributed by atoms with E-state index in [0.29, 0.717) is 18.8 Å². The lowest BCUT2D eigenvalue weighted by molar-refractivity contribution is 0.0515. The maximum Gasteiger partial charge on any atom is 0.359 e. The molecule has 0 bridgehead atoms. The molecule has 2 aliphatic heterocycles. The van der Waals surface area contributed by atoms with Gasteiger partial charge >= 0.3 is 5.97 Å². The second-order valence-electron chi connectivity index (χ2n) is 9.23. The van der Waals surface area contributed by atoms with Gasteiger partial charge in [0.25, 0.3) is 0 Å². The van der Waals surface area contributed by atoms with Crippen LogP contribution in [0.2, 0.25) is 0 Å². The molecule has 180 valence electrons. The van der Waals surface area contributed by atoms with E-state index in [0.717, 1.165) is 49.4 Å². The summed E-state index contributed by atoms with van der Waals surface area (Å²) in [6.07, 6.45) is 8.48. The minimum atomic E-state index is -0.325. The minimum Gasteiger partial charge on any atom is -0.461 e. The third-order valence-electron chi connectivity index (χ3n) is 6.71. The number of likely N-dealkylation sites (tertiary alicyclic amines) is 1. The molecule has 2 aliphatic rings. The van der Waals surface area contributed by atoms with Crippen molar-refractivity contribution in [1.82, 2.24) is 24.6 Å². The molecule has 5 heterocycles. The number of carbonyl (C=O) groups excluding carboxylic acids is 1. The molecule has 0 atom stereocenters. The first kappa shape index (κ1) is 23.2. The molecule has 34 heavy (non-hydrogen) atoms. The number of fused-ring (bicyclic) bond motifs is 1. The highest BCUT2D eigenvalue weighted by molar-refractivity contribution is 7.10. The normalized spacial score (nSPS) is 17.0. The number of rotatable bonds is 8. The van der Waals surface area contributed by atoms with Gasteiger partial charge in [-0.25, -0.2) is 4.79 Å². The molecule has 3 aromatic heterocycles. The number of esters is 1. The van der Waals surface area contributed by atoms with Crippen molar-refractivity contribution in [3.05, 3.63) is 68.9 Å². The van der Waals surface area contributed by atoms with E-state index in [2.05, 4.69) is 26.2 Å². The minimum absolute atomic E-state index is 0.325. The lowest BCUT2D eigenvalue weighted by Gasteiger charge is -2.27. The third-order valence-corrected chi connectivity index (χ3v) is 7.68. The fraction of sp³-hybridized carbons (Fsp3) is 0.500. The predicted octanol–water partition coefficient (Wildman–Crippen LogP) is 4.11. The highest BCUT2D eigenvalue weighted by Crippen LogP contribution is 2.27. The Bertz CT molecular complexity index is 1100. The smallest absolute Gasteiger partial charge is 0.359 e. The molecule has 0 unspecified atom stereocenters. The molecule has 0 aliphatic carbocycles. The fourth-order valence-corrected chi connectivity index (χ4v) is 5.95. The standard InChI is InChI=1S/C26H33N5O2S/c1-2-33-26(32)25-23-18-30(13-8-24(23)31(28-25)16-20-6-9-27-10-7-20)17-22-14-21(19-34-22)15-29-11-4-3-5-12-29/h6-7,9-10,14,19H,2-5,8,11-13,15-18H2,1H3. The summed E-state index contributed by atoms with van der Waals surface area (Å²) in [5, 5.41) is 7.02. The number of ether oxygens (including phenoxy) is 1. The van der Waals surface area contributed by atoms with Gasteiger partial charge in [-0.3, -0.25) is 19.5 Å². The zero-order valence-electron chi connectivity index (χ0n) is 19.9. The van der Waals surface area contributed by atoms with Crippen LogP contribution in [0.25, 0.3) is 0 Å². The highest BCUT2D eigenvalue weighted by atomic mass is 32.1. The Kier molecular flexibility index (Phi) is 7.37. The van der Waals surface area contributed by atoms with Crippen molar-refractivity contribution in [2.75, 3.05) is 26.2 Å². The maximum atomic E-state index is 12.7. The summed E-state index contributed by atoms with van der Waals surface area (Å²) in [7, 11) is 0. The van der Waals surface area contributed by atoms with Crippen LogP contribution in [0.4, 0.5) is 0 Å². The summed E-state index contributed by atoms with van der Waals surface area (Å²) >= 11 is 1.85. The summed E-state index contributed by atoms with van der Waals surface area (Å²) < 4.78 is 7.32. The predicted molar refractivity (Wildman–Crippen MR) is 133 cm³/mol. The molecule has 1 fully saturated rings. The molecule has 0 aromatic carbocycles. The van der Waals surface area contributed by atoms with Crippen LogP contribution >= 0.6 is 11.3 Å². The van der Waals surface area contributed by atoms with Gasteiger partial charge in [0.2, 0.25) is 0 Å². The molecule has 3 aromatic rings. The second-order valence-corrected chi connectivity index (χ2v) is 10.2. The summed E-state index contributed by atoms with van der Waals surface area (Å²) in [5.74, 6) is -0.325. The lowest BCUT2D eigenvalue weighted by atomic mass is 10.0. The van der Waals surface area contributed by atoms with E-state index in [1.165, 1.54) is 42.8 Å². The number of aromatic nitrogens is 3. The number of piperidine rings is 1. The fourth-order valence-electron chi connectivity index (χ4n) is 5.03. The molecular formula is C26H33N5O2S. The van der Waals surface area contributed by atoms with E-state index in [1.807, 2.05) is 35.1 Å². The molecular weight excluding hydrogens is 446 g/mol. The topological polar surface area (TPSA) is 63.5 Å². The van der Waals surface area contributed by atoms with Gasteiger partial charge in [-0.2, -0.15) is 5.10 Å². The van der Waals surface area contributed by atoms with Gasteiger partial charge in [-0.05, 0) is 67.6 Å². The number of hydrogen-bond donors (Lipinski definition) is 0. The van der Waals surface area contributed by atoms with Crippen molar-refractivity contribution in [3.63, 3.8) is 0 Å². The van der Waals surface area contributed by atoms with Crippen molar-refractivity contribution in [2.45, 2.75) is 58.8 Å². The van der Waals surface area contributed by atoms with Crippen molar-refractivity contribution >= 4 is 17.3 Å². The van der Waals surface area contributed by atoms with Crippen LogP contribution < -0.4 is 0 Å². The van der Waals surface area contributed by atoms with Gasteiger partial charge in [0.15, 0.2) is 5.69 Å². The van der Waals surface area contributed by atoms with Crippen LogP contribution in [-0.2, 0) is 37.3 Å². The van der Waals surface area contributed by atoms with Gasteiger partial charge in [-0.15, -0.1) is 11.3 Å². The Morgan fingerprint density at radius 2 is 1.85 bits per heavy atom. The Hall–Kier alpha value is -2.55. The van der Waals surface area contributed by atoms with E-state index in [4.69, 9.17) is 9.84 Å². The van der Waals surface area contributed by atoms with Crippen molar-refractivity contribution in [2.24, 2.45) is 0 Å². The average molecular weight is 480 g/mol. The monoisotopic (exact) mass is 479 g/mol. The lowest BCUT2D eigenvalue weighted by Crippen LogP contribution is -2.31. The van der Waals surface area contributed by atoms with E-state index in [1.54, 1.807) is 12.4 Å². The molecule has 5 rings (SSSR count). The number of hydrogen-bond acceptors (Lipinski definition) is 7. The van der Waals surface area contributed by atoms with Gasteiger partial charge in [0.1, 0.15) is 0 Å². The summed E-state index contributed by atoms with van der Waals surface area (Å²) in [6.45, 7) is 8.91. The summed E-state index contributed by atoms with van der Waals surface area (Å²) in [4.78, 5) is 23.2. The van der Waals surface area contributed by atoms with Gasteiger partial charge in [0, 0.05) is 61.1 Å². The maximum absolute atomic E-state index is 12.7. The quantitative estimate of drug-likeness (QED) is 0.453. The Morgan fingerprint density at radius 3 is 2.65 bits per heavy atom. The van der Waals surface area contributed by atoms with Crippen LogP contribution in [0.15, 0.2) is 36.0 Å². The first-order chi connectivity index (χ1) is 16.7. The highest BCUT2D eigenvalue weighted by Gasteiger charge is 2.29. The van der Waals surface area contributed by atoms with Crippen LogP contribution in [0.3, 0.4) is 0 Å². The molecule has 1 saturated heterocycles. The van der Waals surface area contributed by atoms with E-state index < -0.39 is 0 Å². The Balaban J connectivity index is 1.30. The van der Waals surface area contributed by atoms with Crippen LogP contribution in [0, 0.1) is 0 Å². The molecule has 7 nitrogen and oxygen atoms in total. The van der Waals surface area contributed by atoms with Crippen LogP contribution in [0.1, 0.15) is 63.9 Å². The van der Waals surface area contributed by atoms with Crippen molar-refractivity contribution in [3.8, 4) is 0 Å². The van der Waals surface area contributed by atoms with Gasteiger partial charge in [0.05, 0.1) is 13.2 Å². The molecule has 0 amide bonds. The van der Waals surface area contributed by atoms with Crippen LogP contribution in [-0.4, -0.2) is 56.8 Å². The zero-order chi connectivity index (χ0) is 23.3. The molecule has 0 N–H and O–H groups in total. The second kappa shape index (κ2) is 10.8. The summed E-state index contributed by atoms with van der Waals surface area (Å²) in [6, 6.07) is 6.35. The van der Waals surface area contributed by atoms with Crippen LogP contribution in [0.5, 0.6) is 0 Å². The van der Waals surface area contributed by atoms with Gasteiger partial charge in [-0.1, -0.05) is 6.42 Å². The van der Waals surface area contributed by atoms with E-state index in [-0.39, 0.29) is 5.97 Å². The first-order valence-corrected chi connectivity index (χ1v) is 13.2. The third kappa shape index (κ3) is 5.40. The van der Waals surface area contributed by atoms with Crippen molar-refractivity contribution < 1.29 is 9.53 Å². The zero-order valence-corrected chi connectivity index (χ0v) is 20.7. The Morgan fingerprint density at radius 1 is 1.03 bits per heavy atom. The molecule has 0 radical (unpaired) electrons. The number of pyridine rings is 1. The number of carbonyl (C=O) groups is 1.